The minimum atomic E-state index is -0.468. The number of furan rings is 1. The van der Waals surface area contributed by atoms with Gasteiger partial charge in [0.1, 0.15) is 17.3 Å². The number of hydrogen-bond acceptors (Lipinski definition) is 11. The van der Waals surface area contributed by atoms with Crippen molar-refractivity contribution in [3.63, 3.8) is 0 Å². The number of halogens is 1. The highest BCUT2D eigenvalue weighted by Gasteiger charge is 2.13. The maximum Gasteiger partial charge on any atom is 0.269 e. The lowest BCUT2D eigenvalue weighted by Crippen LogP contribution is -2.03. The second-order valence-corrected chi connectivity index (χ2v) is 6.84. The van der Waals surface area contributed by atoms with Crippen LogP contribution in [0.1, 0.15) is 5.76 Å². The Morgan fingerprint density at radius 2 is 1.65 bits per heavy atom. The molecule has 0 unspecified atom stereocenters. The summed E-state index contributed by atoms with van der Waals surface area (Å²) >= 11 is 0. The molecule has 13 heteroatoms. The first-order valence-corrected chi connectivity index (χ1v) is 9.72. The first-order chi connectivity index (χ1) is 16.5. The normalized spacial score (nSPS) is 11.2. The van der Waals surface area contributed by atoms with E-state index in [-0.39, 0.29) is 34.4 Å². The fraction of sp³-hybridized carbons (Fsp3) is 0. The predicted molar refractivity (Wildman–Crippen MR) is 119 cm³/mol. The number of rotatable bonds is 7. The van der Waals surface area contributed by atoms with Gasteiger partial charge < -0.3 is 9.73 Å². The molecule has 2 N–H and O–H groups in total. The first-order valence-electron chi connectivity index (χ1n) is 9.72. The van der Waals surface area contributed by atoms with E-state index in [2.05, 4.69) is 40.8 Å². The Balaban J connectivity index is 1.35. The molecule has 0 amide bonds. The van der Waals surface area contributed by atoms with Gasteiger partial charge in [-0.05, 0) is 58.8 Å². The van der Waals surface area contributed by atoms with Crippen LogP contribution in [-0.4, -0.2) is 31.4 Å². The average molecular weight is 460 g/mol. The van der Waals surface area contributed by atoms with Crippen molar-refractivity contribution in [2.45, 2.75) is 0 Å². The molecule has 168 valence electrons. The minimum absolute atomic E-state index is 0.00765. The average Bonchev–Trinajstić information content (AvgIpc) is 3.50. The number of nitrogens with zero attached hydrogens (tertiary/aromatic N) is 6. The molecule has 0 bridgehead atoms. The molecule has 0 spiro atoms. The molecule has 0 radical (unpaired) electrons. The molecule has 0 saturated carbocycles. The lowest BCUT2D eigenvalue weighted by Gasteiger charge is -2.09. The summed E-state index contributed by atoms with van der Waals surface area (Å²) in [5, 5.41) is 25.3. The Morgan fingerprint density at radius 3 is 2.35 bits per heavy atom. The third kappa shape index (κ3) is 4.38. The van der Waals surface area contributed by atoms with Gasteiger partial charge in [-0.25, -0.2) is 14.0 Å². The van der Waals surface area contributed by atoms with Crippen molar-refractivity contribution in [1.82, 2.24) is 20.3 Å². The van der Waals surface area contributed by atoms with E-state index < -0.39 is 4.92 Å². The van der Waals surface area contributed by atoms with Crippen LogP contribution in [0.25, 0.3) is 22.6 Å². The van der Waals surface area contributed by atoms with Gasteiger partial charge in [0.05, 0.1) is 11.1 Å². The number of aromatic nitrogens is 4. The molecule has 3 heterocycles. The standard InChI is InChI=1S/C21H13FN8O4/c22-13-3-5-14(6-4-13)24-18-19(26-21-20(25-18)28-34-29-21)27-23-11-16-9-10-17(33-16)12-1-7-15(8-2-12)30(31)32/h1-11H,(H,24,25,28)(H,26,27,29). The zero-order valence-corrected chi connectivity index (χ0v) is 17.0. The van der Waals surface area contributed by atoms with Crippen molar-refractivity contribution >= 4 is 40.5 Å². The largest absolute Gasteiger partial charge is 0.455 e. The molecule has 3 aromatic heterocycles. The van der Waals surface area contributed by atoms with Crippen molar-refractivity contribution < 1.29 is 18.4 Å². The van der Waals surface area contributed by atoms with Crippen LogP contribution in [0, 0.1) is 15.9 Å². The minimum Gasteiger partial charge on any atom is -0.455 e. The van der Waals surface area contributed by atoms with E-state index in [1.807, 2.05) is 0 Å². The lowest BCUT2D eigenvalue weighted by molar-refractivity contribution is -0.384. The topological polar surface area (TPSA) is 157 Å². The Kier molecular flexibility index (Phi) is 5.32. The maximum absolute atomic E-state index is 13.2. The molecule has 5 rings (SSSR count). The molecule has 0 atom stereocenters. The fourth-order valence-electron chi connectivity index (χ4n) is 2.95. The number of hydrazone groups is 1. The molecule has 34 heavy (non-hydrogen) atoms. The van der Waals surface area contributed by atoms with Gasteiger partial charge in [0.25, 0.3) is 5.69 Å². The maximum atomic E-state index is 13.2. The molecule has 0 saturated heterocycles. The highest BCUT2D eigenvalue weighted by atomic mass is 19.1. The Hall–Kier alpha value is -5.20. The van der Waals surface area contributed by atoms with Crippen LogP contribution in [0.5, 0.6) is 0 Å². The van der Waals surface area contributed by atoms with E-state index in [0.29, 0.717) is 22.8 Å². The van der Waals surface area contributed by atoms with Gasteiger partial charge in [-0.15, -0.1) is 0 Å². The van der Waals surface area contributed by atoms with E-state index in [0.717, 1.165) is 0 Å². The van der Waals surface area contributed by atoms with Crippen molar-refractivity contribution in [1.29, 1.82) is 0 Å². The monoisotopic (exact) mass is 460 g/mol. The third-order valence-corrected chi connectivity index (χ3v) is 4.57. The van der Waals surface area contributed by atoms with Crippen LogP contribution in [0.2, 0.25) is 0 Å². The molecular formula is C21H13FN8O4. The number of benzene rings is 2. The second-order valence-electron chi connectivity index (χ2n) is 6.84. The van der Waals surface area contributed by atoms with E-state index in [4.69, 9.17) is 4.42 Å². The lowest BCUT2D eigenvalue weighted by atomic mass is 10.1. The molecule has 0 aliphatic carbocycles. The Bertz CT molecular complexity index is 1500. The van der Waals surface area contributed by atoms with Crippen LogP contribution >= 0.6 is 0 Å². The molecule has 0 fully saturated rings. The molecule has 0 aliphatic rings. The van der Waals surface area contributed by atoms with E-state index in [1.54, 1.807) is 24.3 Å². The van der Waals surface area contributed by atoms with E-state index in [9.17, 15) is 14.5 Å². The van der Waals surface area contributed by atoms with Crippen LogP contribution in [0.3, 0.4) is 0 Å². The van der Waals surface area contributed by atoms with Crippen LogP contribution in [0.15, 0.2) is 74.8 Å². The Morgan fingerprint density at radius 1 is 0.941 bits per heavy atom. The van der Waals surface area contributed by atoms with Gasteiger partial charge in [-0.1, -0.05) is 0 Å². The predicted octanol–water partition coefficient (Wildman–Crippen LogP) is 4.51. The highest BCUT2D eigenvalue weighted by Crippen LogP contribution is 2.25. The number of anilines is 3. The van der Waals surface area contributed by atoms with Crippen molar-refractivity contribution in [3.05, 3.63) is 82.4 Å². The van der Waals surface area contributed by atoms with Gasteiger partial charge in [0.15, 0.2) is 11.6 Å². The van der Waals surface area contributed by atoms with Crippen LogP contribution < -0.4 is 10.7 Å². The summed E-state index contributed by atoms with van der Waals surface area (Å²) in [7, 11) is 0. The van der Waals surface area contributed by atoms with Gasteiger partial charge in [-0.3, -0.25) is 15.5 Å². The molecular weight excluding hydrogens is 447 g/mol. The highest BCUT2D eigenvalue weighted by molar-refractivity contribution is 5.80. The summed E-state index contributed by atoms with van der Waals surface area (Å²) in [6.07, 6.45) is 1.42. The first kappa shape index (κ1) is 20.7. The fourth-order valence-corrected chi connectivity index (χ4v) is 2.95. The smallest absolute Gasteiger partial charge is 0.269 e. The van der Waals surface area contributed by atoms with E-state index in [1.165, 1.54) is 42.6 Å². The molecule has 12 nitrogen and oxygen atoms in total. The summed E-state index contributed by atoms with van der Waals surface area (Å²) in [5.74, 6) is 1.04. The van der Waals surface area contributed by atoms with Crippen molar-refractivity contribution in [2.75, 3.05) is 10.7 Å². The SMILES string of the molecule is O=[N+]([O-])c1ccc(-c2ccc(C=NNc3nc4nonc4nc3Nc3ccc(F)cc3)o2)cc1. The zero-order chi connectivity index (χ0) is 23.5. The van der Waals surface area contributed by atoms with E-state index >= 15 is 0 Å². The van der Waals surface area contributed by atoms with Gasteiger partial charge >= 0.3 is 0 Å². The zero-order valence-electron chi connectivity index (χ0n) is 17.0. The Labute approximate surface area is 189 Å². The molecule has 2 aromatic carbocycles. The van der Waals surface area contributed by atoms with Gasteiger partial charge in [0.2, 0.25) is 11.3 Å². The number of fused-ring (bicyclic) bond motifs is 1. The summed E-state index contributed by atoms with van der Waals surface area (Å²) in [6, 6.07) is 15.1. The molecule has 5 aromatic rings. The summed E-state index contributed by atoms with van der Waals surface area (Å²) in [5.41, 5.74) is 4.34. The third-order valence-electron chi connectivity index (χ3n) is 4.57. The van der Waals surface area contributed by atoms with Crippen LogP contribution in [0.4, 0.5) is 27.4 Å². The number of nitro groups is 1. The number of nitro benzene ring substituents is 1. The summed E-state index contributed by atoms with van der Waals surface area (Å²) in [4.78, 5) is 18.9. The number of hydrogen-bond donors (Lipinski definition) is 2. The summed E-state index contributed by atoms with van der Waals surface area (Å²) < 4.78 is 23.6. The van der Waals surface area contributed by atoms with Gasteiger partial charge in [0, 0.05) is 23.4 Å². The van der Waals surface area contributed by atoms with Crippen LogP contribution in [-0.2, 0) is 0 Å². The number of nitrogens with one attached hydrogen (secondary N) is 2. The number of non-ortho nitro benzene ring substituents is 1. The van der Waals surface area contributed by atoms with Gasteiger partial charge in [-0.2, -0.15) is 10.1 Å². The molecule has 0 aliphatic heterocycles. The second kappa shape index (κ2) is 8.74. The van der Waals surface area contributed by atoms with Crippen molar-refractivity contribution in [3.8, 4) is 11.3 Å². The van der Waals surface area contributed by atoms with Crippen molar-refractivity contribution in [2.24, 2.45) is 5.10 Å². The quantitative estimate of drug-likeness (QED) is 0.201. The summed E-state index contributed by atoms with van der Waals surface area (Å²) in [6.45, 7) is 0.